The van der Waals surface area contributed by atoms with Crippen LogP contribution in [0.4, 0.5) is 9.80 Å². The van der Waals surface area contributed by atoms with Crippen LogP contribution in [0.15, 0.2) is 24.1 Å². The number of hydrogen-bond donors (Lipinski definition) is 0. The standard InChI is InChI=1S/C20H24N2O2S3/c1-6-9-15-14(7-2)16-17(26-15)18(27-21-16)22(12-13-10-8-11-25-13)19(23)24-20(3,4)5/h7-8,10-11H,2,6,9,12H2,1,3-5H3. The summed E-state index contributed by atoms with van der Waals surface area (Å²) >= 11 is 4.70. The summed E-state index contributed by atoms with van der Waals surface area (Å²) in [6, 6.07) is 4.03. The van der Waals surface area contributed by atoms with Crippen LogP contribution in [0.3, 0.4) is 0 Å². The van der Waals surface area contributed by atoms with Crippen LogP contribution in [0.25, 0.3) is 16.3 Å². The van der Waals surface area contributed by atoms with Gasteiger partial charge < -0.3 is 4.74 Å². The van der Waals surface area contributed by atoms with Crippen LogP contribution < -0.4 is 4.90 Å². The average molecular weight is 421 g/mol. The third-order valence-electron chi connectivity index (χ3n) is 3.85. The predicted octanol–water partition coefficient (Wildman–Crippen LogP) is 6.96. The van der Waals surface area contributed by atoms with Gasteiger partial charge in [0.25, 0.3) is 0 Å². The van der Waals surface area contributed by atoms with Gasteiger partial charge in [-0.15, -0.1) is 22.7 Å². The van der Waals surface area contributed by atoms with Gasteiger partial charge >= 0.3 is 6.09 Å². The number of thiophene rings is 2. The fraction of sp³-hybridized carbons (Fsp3) is 0.400. The molecule has 1 amide bonds. The average Bonchev–Trinajstić information content (AvgIpc) is 3.28. The highest BCUT2D eigenvalue weighted by Crippen LogP contribution is 2.42. The summed E-state index contributed by atoms with van der Waals surface area (Å²) in [5, 5.41) is 2.87. The molecule has 3 aromatic heterocycles. The van der Waals surface area contributed by atoms with Crippen molar-refractivity contribution in [2.24, 2.45) is 0 Å². The molecule has 3 heterocycles. The number of rotatable bonds is 6. The van der Waals surface area contributed by atoms with Gasteiger partial charge in [-0.25, -0.2) is 4.79 Å². The highest BCUT2D eigenvalue weighted by molar-refractivity contribution is 7.25. The molecule has 0 fully saturated rings. The molecule has 0 saturated carbocycles. The van der Waals surface area contributed by atoms with Gasteiger partial charge in [-0.2, -0.15) is 4.37 Å². The quantitative estimate of drug-likeness (QED) is 0.433. The van der Waals surface area contributed by atoms with E-state index in [1.54, 1.807) is 27.6 Å². The summed E-state index contributed by atoms with van der Waals surface area (Å²) in [4.78, 5) is 17.1. The topological polar surface area (TPSA) is 42.4 Å². The van der Waals surface area contributed by atoms with Gasteiger partial charge in [0.05, 0.1) is 11.2 Å². The Kier molecular flexibility index (Phi) is 6.03. The van der Waals surface area contributed by atoms with Gasteiger partial charge in [0.2, 0.25) is 0 Å². The Morgan fingerprint density at radius 2 is 2.19 bits per heavy atom. The van der Waals surface area contributed by atoms with Gasteiger partial charge in [0.15, 0.2) is 0 Å². The molecule has 27 heavy (non-hydrogen) atoms. The molecule has 0 unspecified atom stereocenters. The van der Waals surface area contributed by atoms with Gasteiger partial charge in [-0.3, -0.25) is 4.90 Å². The number of amides is 1. The molecular formula is C20H24N2O2S3. The molecule has 7 heteroatoms. The first-order valence-corrected chi connectivity index (χ1v) is 11.4. The summed E-state index contributed by atoms with van der Waals surface area (Å²) in [7, 11) is 0. The number of carbonyl (C=O) groups is 1. The van der Waals surface area contributed by atoms with E-state index in [1.165, 1.54) is 16.4 Å². The van der Waals surface area contributed by atoms with Crippen LogP contribution in [0.5, 0.6) is 0 Å². The smallest absolute Gasteiger partial charge is 0.415 e. The molecule has 0 aliphatic heterocycles. The van der Waals surface area contributed by atoms with Crippen molar-refractivity contribution in [1.29, 1.82) is 0 Å². The summed E-state index contributed by atoms with van der Waals surface area (Å²) in [5.74, 6) is 0. The maximum absolute atomic E-state index is 13.0. The summed E-state index contributed by atoms with van der Waals surface area (Å²) in [6.07, 6.45) is 3.59. The lowest BCUT2D eigenvalue weighted by Gasteiger charge is -2.26. The van der Waals surface area contributed by atoms with Crippen molar-refractivity contribution in [3.8, 4) is 0 Å². The SMILES string of the molecule is C=Cc1c(CCC)sc2c(N(Cc3cccs3)C(=O)OC(C)(C)C)snc12. The maximum Gasteiger partial charge on any atom is 0.415 e. The van der Waals surface area contributed by atoms with Crippen molar-refractivity contribution in [3.05, 3.63) is 39.4 Å². The first-order valence-electron chi connectivity index (χ1n) is 8.90. The second kappa shape index (κ2) is 8.12. The second-order valence-electron chi connectivity index (χ2n) is 7.20. The fourth-order valence-electron chi connectivity index (χ4n) is 2.74. The third kappa shape index (κ3) is 4.42. The van der Waals surface area contributed by atoms with E-state index < -0.39 is 5.60 Å². The number of fused-ring (bicyclic) bond motifs is 1. The van der Waals surface area contributed by atoms with E-state index in [2.05, 4.69) is 17.9 Å². The van der Waals surface area contributed by atoms with Crippen molar-refractivity contribution in [3.63, 3.8) is 0 Å². The number of anilines is 1. The zero-order chi connectivity index (χ0) is 19.6. The Bertz CT molecular complexity index is 933. The van der Waals surface area contributed by atoms with Crippen molar-refractivity contribution in [1.82, 2.24) is 4.37 Å². The van der Waals surface area contributed by atoms with Crippen molar-refractivity contribution in [2.75, 3.05) is 4.90 Å². The molecule has 144 valence electrons. The number of ether oxygens (including phenoxy) is 1. The van der Waals surface area contributed by atoms with E-state index in [9.17, 15) is 4.79 Å². The molecule has 0 aliphatic rings. The number of aryl methyl sites for hydroxylation is 1. The van der Waals surface area contributed by atoms with Crippen LogP contribution in [-0.4, -0.2) is 16.1 Å². The Labute approximate surface area is 172 Å². The third-order valence-corrected chi connectivity index (χ3v) is 6.97. The molecule has 0 aromatic carbocycles. The molecule has 0 saturated heterocycles. The zero-order valence-corrected chi connectivity index (χ0v) is 18.5. The zero-order valence-electron chi connectivity index (χ0n) is 16.1. The van der Waals surface area contributed by atoms with E-state index in [1.807, 2.05) is 44.4 Å². The van der Waals surface area contributed by atoms with E-state index in [0.717, 1.165) is 38.5 Å². The summed E-state index contributed by atoms with van der Waals surface area (Å²) in [6.45, 7) is 12.3. The largest absolute Gasteiger partial charge is 0.443 e. The van der Waals surface area contributed by atoms with Crippen molar-refractivity contribution >= 4 is 61.6 Å². The molecule has 0 atom stereocenters. The Morgan fingerprint density at radius 1 is 1.41 bits per heavy atom. The van der Waals surface area contributed by atoms with E-state index in [4.69, 9.17) is 4.74 Å². The molecule has 4 nitrogen and oxygen atoms in total. The number of nitrogens with zero attached hydrogens (tertiary/aromatic N) is 2. The van der Waals surface area contributed by atoms with Crippen LogP contribution in [-0.2, 0) is 17.7 Å². The number of aromatic nitrogens is 1. The molecule has 0 radical (unpaired) electrons. The monoisotopic (exact) mass is 420 g/mol. The van der Waals surface area contributed by atoms with Gasteiger partial charge in [0.1, 0.15) is 16.1 Å². The van der Waals surface area contributed by atoms with Crippen molar-refractivity contribution in [2.45, 2.75) is 52.7 Å². The minimum atomic E-state index is -0.552. The maximum atomic E-state index is 13.0. The Hall–Kier alpha value is -1.70. The Balaban J connectivity index is 2.05. The summed E-state index contributed by atoms with van der Waals surface area (Å²) in [5.41, 5.74) is 1.49. The normalized spacial score (nSPS) is 11.7. The fourth-order valence-corrected chi connectivity index (χ4v) is 5.80. The highest BCUT2D eigenvalue weighted by atomic mass is 32.1. The first-order chi connectivity index (χ1) is 12.8. The van der Waals surface area contributed by atoms with E-state index >= 15 is 0 Å². The highest BCUT2D eigenvalue weighted by Gasteiger charge is 2.28. The molecular weight excluding hydrogens is 396 g/mol. The lowest BCUT2D eigenvalue weighted by Crippen LogP contribution is -2.36. The lowest BCUT2D eigenvalue weighted by molar-refractivity contribution is 0.0579. The molecule has 3 aromatic rings. The summed E-state index contributed by atoms with van der Waals surface area (Å²) < 4.78 is 11.4. The molecule has 0 aliphatic carbocycles. The molecule has 0 bridgehead atoms. The van der Waals surface area contributed by atoms with E-state index in [0.29, 0.717) is 6.54 Å². The minimum absolute atomic E-state index is 0.341. The van der Waals surface area contributed by atoms with Crippen LogP contribution in [0.1, 0.15) is 49.4 Å². The lowest BCUT2D eigenvalue weighted by atomic mass is 10.1. The van der Waals surface area contributed by atoms with E-state index in [-0.39, 0.29) is 6.09 Å². The van der Waals surface area contributed by atoms with Crippen LogP contribution >= 0.6 is 34.2 Å². The minimum Gasteiger partial charge on any atom is -0.443 e. The molecule has 0 N–H and O–H groups in total. The molecule has 3 rings (SSSR count). The van der Waals surface area contributed by atoms with Crippen molar-refractivity contribution < 1.29 is 9.53 Å². The molecule has 0 spiro atoms. The Morgan fingerprint density at radius 3 is 2.78 bits per heavy atom. The van der Waals surface area contributed by atoms with Gasteiger partial charge in [0, 0.05) is 15.3 Å². The van der Waals surface area contributed by atoms with Gasteiger partial charge in [-0.05, 0) is 50.2 Å². The first kappa shape index (κ1) is 20.0. The second-order valence-corrected chi connectivity index (χ2v) is 10.1. The van der Waals surface area contributed by atoms with Crippen LogP contribution in [0, 0.1) is 0 Å². The predicted molar refractivity (Wildman–Crippen MR) is 118 cm³/mol. The van der Waals surface area contributed by atoms with Gasteiger partial charge in [-0.1, -0.05) is 32.1 Å². The van der Waals surface area contributed by atoms with Crippen LogP contribution in [0.2, 0.25) is 0 Å². The number of hydrogen-bond acceptors (Lipinski definition) is 6. The number of carbonyl (C=O) groups excluding carboxylic acids is 1.